The molecule has 3 aromatic heterocycles. The lowest BCUT2D eigenvalue weighted by atomic mass is 9.59. The van der Waals surface area contributed by atoms with E-state index in [0.717, 1.165) is 63.3 Å². The number of H-pyrrole nitrogens is 1. The number of hydrogen-bond donors (Lipinski definition) is 4. The molecule has 0 bridgehead atoms. The van der Waals surface area contributed by atoms with E-state index < -0.39 is 42.9 Å². The SMILES string of the molecule is CC(=O)N1CCN(C2CC3(CCN(c4ccc(C(=O)NS(=O)(=O)c5cnc(NCC6CCC(C)(O)CC6)c([N+](=O)[O-])c5)c(Oc5cnc6[nH]cc(F)c6c5)c4)CC3)C2)[C@H](c2ccccc2C(C)C)C1. The number of halogens is 1. The minimum atomic E-state index is -4.71. The van der Waals surface area contributed by atoms with Gasteiger partial charge in [-0.25, -0.2) is 27.5 Å². The Bertz CT molecular complexity index is 2870. The molecule has 4 N–H and O–H groups in total. The molecule has 366 valence electrons. The fourth-order valence-corrected chi connectivity index (χ4v) is 11.8. The molecule has 19 heteroatoms. The lowest BCUT2D eigenvalue weighted by Gasteiger charge is -2.58. The van der Waals surface area contributed by atoms with Gasteiger partial charge in [0.15, 0.2) is 0 Å². The number of benzene rings is 2. The van der Waals surface area contributed by atoms with Gasteiger partial charge < -0.3 is 29.9 Å². The first-order valence-corrected chi connectivity index (χ1v) is 25.3. The number of nitrogens with zero attached hydrogens (tertiary/aromatic N) is 6. The molecule has 1 atom stereocenters. The number of nitrogens with one attached hydrogen (secondary N) is 3. The van der Waals surface area contributed by atoms with Crippen LogP contribution in [0.2, 0.25) is 0 Å². The average Bonchev–Trinajstić information content (AvgIpc) is 3.69. The number of rotatable bonds is 13. The topological polar surface area (TPSA) is 216 Å². The van der Waals surface area contributed by atoms with E-state index in [0.29, 0.717) is 62.9 Å². The molecule has 5 heterocycles. The number of carbonyl (C=O) groups excluding carboxylic acids is 2. The van der Waals surface area contributed by atoms with Gasteiger partial charge in [0.1, 0.15) is 27.9 Å². The number of amides is 2. The second-order valence-electron chi connectivity index (χ2n) is 20.1. The Morgan fingerprint density at radius 3 is 2.46 bits per heavy atom. The van der Waals surface area contributed by atoms with Crippen molar-refractivity contribution in [2.45, 2.75) is 108 Å². The number of pyridine rings is 2. The summed E-state index contributed by atoms with van der Waals surface area (Å²) in [5, 5.41) is 25.6. The van der Waals surface area contributed by atoms with Crippen LogP contribution in [0.4, 0.5) is 21.6 Å². The maximum Gasteiger partial charge on any atom is 0.312 e. The van der Waals surface area contributed by atoms with Crippen molar-refractivity contribution >= 4 is 50.1 Å². The molecule has 4 fully saturated rings. The fourth-order valence-electron chi connectivity index (χ4n) is 10.9. The largest absolute Gasteiger partial charge is 0.455 e. The summed E-state index contributed by atoms with van der Waals surface area (Å²) in [7, 11) is -4.71. The maximum absolute atomic E-state index is 14.7. The molecule has 2 amide bonds. The van der Waals surface area contributed by atoms with Crippen molar-refractivity contribution in [1.29, 1.82) is 0 Å². The quantitative estimate of drug-likeness (QED) is 0.0650. The van der Waals surface area contributed by atoms with E-state index in [4.69, 9.17) is 4.74 Å². The molecular weight excluding hydrogens is 906 g/mol. The normalized spacial score (nSPS) is 22.1. The van der Waals surface area contributed by atoms with E-state index in [9.17, 15) is 37.6 Å². The highest BCUT2D eigenvalue weighted by atomic mass is 32.2. The van der Waals surface area contributed by atoms with Crippen LogP contribution in [0.3, 0.4) is 0 Å². The zero-order valence-corrected chi connectivity index (χ0v) is 40.2. The zero-order chi connectivity index (χ0) is 48.8. The summed E-state index contributed by atoms with van der Waals surface area (Å²) in [6.45, 7) is 11.9. The number of ether oxygens (including phenoxy) is 1. The first kappa shape index (κ1) is 47.9. The molecule has 2 saturated heterocycles. The third-order valence-electron chi connectivity index (χ3n) is 15.0. The Morgan fingerprint density at radius 2 is 1.75 bits per heavy atom. The van der Waals surface area contributed by atoms with E-state index in [1.165, 1.54) is 35.7 Å². The summed E-state index contributed by atoms with van der Waals surface area (Å²) in [5.74, 6) is -1.04. The second-order valence-corrected chi connectivity index (χ2v) is 21.8. The highest BCUT2D eigenvalue weighted by Gasteiger charge is 2.50. The number of nitro groups is 1. The van der Waals surface area contributed by atoms with E-state index in [2.05, 4.69) is 68.2 Å². The minimum absolute atomic E-state index is 0.00779. The third kappa shape index (κ3) is 10.1. The highest BCUT2D eigenvalue weighted by molar-refractivity contribution is 7.90. The summed E-state index contributed by atoms with van der Waals surface area (Å²) in [6, 6.07) is 16.3. The number of sulfonamides is 1. The maximum atomic E-state index is 14.7. The van der Waals surface area contributed by atoms with Crippen molar-refractivity contribution in [2.24, 2.45) is 11.3 Å². The highest BCUT2D eigenvalue weighted by Crippen LogP contribution is 2.53. The summed E-state index contributed by atoms with van der Waals surface area (Å²) in [5.41, 5.74) is 2.32. The number of carbonyl (C=O) groups is 2. The lowest BCUT2D eigenvalue weighted by molar-refractivity contribution is -0.384. The number of fused-ring (bicyclic) bond motifs is 1. The number of piperidine rings is 1. The first-order chi connectivity index (χ1) is 32.9. The van der Waals surface area contributed by atoms with Crippen molar-refractivity contribution in [1.82, 2.24) is 29.5 Å². The van der Waals surface area contributed by atoms with E-state index in [1.807, 2.05) is 9.62 Å². The molecule has 4 aliphatic rings. The molecule has 5 aromatic rings. The van der Waals surface area contributed by atoms with Gasteiger partial charge in [-0.1, -0.05) is 38.1 Å². The summed E-state index contributed by atoms with van der Waals surface area (Å²) < 4.78 is 50.4. The predicted octanol–water partition coefficient (Wildman–Crippen LogP) is 8.05. The van der Waals surface area contributed by atoms with Crippen LogP contribution in [-0.4, -0.2) is 106 Å². The van der Waals surface area contributed by atoms with Crippen LogP contribution in [-0.2, 0) is 14.8 Å². The Morgan fingerprint density at radius 1 is 1.01 bits per heavy atom. The van der Waals surface area contributed by atoms with Crippen LogP contribution in [0, 0.1) is 27.3 Å². The van der Waals surface area contributed by atoms with Crippen LogP contribution < -0.4 is 19.7 Å². The number of hydrogen-bond acceptors (Lipinski definition) is 13. The molecule has 2 aromatic carbocycles. The second kappa shape index (κ2) is 19.0. The van der Waals surface area contributed by atoms with Crippen molar-refractivity contribution < 1.29 is 37.2 Å². The summed E-state index contributed by atoms with van der Waals surface area (Å²) >= 11 is 0. The van der Waals surface area contributed by atoms with E-state index >= 15 is 0 Å². The van der Waals surface area contributed by atoms with Crippen LogP contribution in [0.1, 0.15) is 113 Å². The van der Waals surface area contributed by atoms with Crippen molar-refractivity contribution in [3.63, 3.8) is 0 Å². The zero-order valence-electron chi connectivity index (χ0n) is 39.4. The Labute approximate surface area is 401 Å². The number of anilines is 2. The summed E-state index contributed by atoms with van der Waals surface area (Å²) in [4.78, 5) is 55.3. The lowest BCUT2D eigenvalue weighted by Crippen LogP contribution is -2.60. The van der Waals surface area contributed by atoms with Gasteiger partial charge in [0.25, 0.3) is 15.9 Å². The van der Waals surface area contributed by atoms with Crippen molar-refractivity contribution in [2.75, 3.05) is 49.5 Å². The van der Waals surface area contributed by atoms with Crippen molar-refractivity contribution in [3.8, 4) is 11.5 Å². The van der Waals surface area contributed by atoms with E-state index in [-0.39, 0.29) is 51.5 Å². The summed E-state index contributed by atoms with van der Waals surface area (Å²) in [6.07, 6.45) is 10.1. The molecule has 1 spiro atoms. The van der Waals surface area contributed by atoms with Gasteiger partial charge in [-0.15, -0.1) is 0 Å². The van der Waals surface area contributed by atoms with Gasteiger partial charge in [-0.2, -0.15) is 0 Å². The molecule has 9 rings (SSSR count). The molecular formula is C50H60FN9O8S. The first-order valence-electron chi connectivity index (χ1n) is 23.8. The Balaban J connectivity index is 0.910. The van der Waals surface area contributed by atoms with Gasteiger partial charge in [0.2, 0.25) is 11.7 Å². The van der Waals surface area contributed by atoms with Gasteiger partial charge in [-0.05, 0) is 105 Å². The van der Waals surface area contributed by atoms with Gasteiger partial charge >= 0.3 is 5.69 Å². The predicted molar refractivity (Wildman–Crippen MR) is 258 cm³/mol. The third-order valence-corrected chi connectivity index (χ3v) is 16.3. The van der Waals surface area contributed by atoms with Crippen LogP contribution in [0.25, 0.3) is 11.0 Å². The fraction of sp³-hybridized carbons (Fsp3) is 0.480. The average molecular weight is 966 g/mol. The molecule has 69 heavy (non-hydrogen) atoms. The minimum Gasteiger partial charge on any atom is -0.455 e. The monoisotopic (exact) mass is 965 g/mol. The van der Waals surface area contributed by atoms with Crippen LogP contribution >= 0.6 is 0 Å². The van der Waals surface area contributed by atoms with E-state index in [1.54, 1.807) is 26.0 Å². The number of piperazine rings is 1. The smallest absolute Gasteiger partial charge is 0.312 e. The van der Waals surface area contributed by atoms with Crippen LogP contribution in [0.15, 0.2) is 78.1 Å². The standard InChI is InChI=1S/C50H60FN9O8S/c1-31(2)38-7-5-6-8-39(38)44-30-58(32(3)61)19-20-59(44)35-24-50(25-35)15-17-57(18-16-50)34-9-10-40(45(21-34)68-36-22-41-42(51)29-55-46(41)53-27-36)48(62)56-69(66,67)37-23-43(60(64)65)47(54-28-37)52-26-33-11-13-49(4,63)14-12-33/h5-10,21-23,27-29,31,33,35,44,63H,11-20,24-26,30H2,1-4H3,(H,52,54)(H,53,55)(H,56,62)/t33?,44-,49?/m0/s1. The Kier molecular flexibility index (Phi) is 13.2. The van der Waals surface area contributed by atoms with Gasteiger partial charge in [0, 0.05) is 76.3 Å². The molecule has 2 saturated carbocycles. The van der Waals surface area contributed by atoms with Gasteiger partial charge in [-0.3, -0.25) is 24.6 Å². The van der Waals surface area contributed by atoms with Crippen molar-refractivity contribution in [3.05, 3.63) is 106 Å². The number of aromatic nitrogens is 3. The molecule has 0 radical (unpaired) electrons. The number of aliphatic hydroxyl groups is 1. The number of aromatic amines is 1. The Hall–Kier alpha value is -6.18. The molecule has 2 aliphatic carbocycles. The van der Waals surface area contributed by atoms with Gasteiger partial charge in [0.05, 0.1) is 39.9 Å². The molecule has 17 nitrogen and oxygen atoms in total. The van der Waals surface area contributed by atoms with Crippen LogP contribution in [0.5, 0.6) is 11.5 Å². The molecule has 0 unspecified atom stereocenters. The molecule has 2 aliphatic heterocycles.